The average Bonchev–Trinajstić information content (AvgIpc) is 2.75. The fraction of sp³-hybridized carbons (Fsp3) is 0.429. The number of rotatable bonds is 7. The van der Waals surface area contributed by atoms with Gasteiger partial charge in [-0.25, -0.2) is 14.8 Å². The molecule has 1 saturated heterocycles. The van der Waals surface area contributed by atoms with Crippen LogP contribution in [0.5, 0.6) is 0 Å². The largest absolute Gasteiger partial charge is 0.450 e. The van der Waals surface area contributed by atoms with Crippen molar-refractivity contribution >= 4 is 17.9 Å². The van der Waals surface area contributed by atoms with Crippen LogP contribution < -0.4 is 10.6 Å². The minimum Gasteiger partial charge on any atom is -0.450 e. The van der Waals surface area contributed by atoms with E-state index in [1.165, 1.54) is 18.0 Å². The van der Waals surface area contributed by atoms with Crippen LogP contribution in [0.4, 0.5) is 10.7 Å². The van der Waals surface area contributed by atoms with Crippen LogP contribution in [0.3, 0.4) is 0 Å². The molecular formula is C21H27N5O3. The first-order chi connectivity index (χ1) is 14.2. The number of piperidine rings is 1. The minimum atomic E-state index is -0.259. The second-order valence-corrected chi connectivity index (χ2v) is 6.89. The van der Waals surface area contributed by atoms with E-state index >= 15 is 0 Å². The van der Waals surface area contributed by atoms with Crippen molar-refractivity contribution in [2.45, 2.75) is 32.2 Å². The molecule has 29 heavy (non-hydrogen) atoms. The van der Waals surface area contributed by atoms with Crippen LogP contribution in [0.2, 0.25) is 0 Å². The molecule has 0 saturated carbocycles. The Morgan fingerprint density at radius 3 is 2.48 bits per heavy atom. The molecule has 2 aromatic rings. The predicted molar refractivity (Wildman–Crippen MR) is 110 cm³/mol. The van der Waals surface area contributed by atoms with Gasteiger partial charge in [0.05, 0.1) is 12.2 Å². The van der Waals surface area contributed by atoms with Crippen LogP contribution in [-0.4, -0.2) is 59.2 Å². The highest BCUT2D eigenvalue weighted by Crippen LogP contribution is 2.15. The SMILES string of the molecule is CCOC(=O)N1CCC(Nc2ncc(C(=O)NCCc3ccccc3)cn2)CC1. The standard InChI is InChI=1S/C21H27N5O3/c1-2-29-21(28)26-12-9-18(10-13-26)25-20-23-14-17(15-24-20)19(27)22-11-8-16-6-4-3-5-7-16/h3-7,14-15,18H,2,8-13H2,1H3,(H,22,27)(H,23,24,25). The maximum absolute atomic E-state index is 12.2. The normalized spacial score (nSPS) is 14.3. The topological polar surface area (TPSA) is 96.5 Å². The summed E-state index contributed by atoms with van der Waals surface area (Å²) in [6.07, 6.45) is 5.16. The van der Waals surface area contributed by atoms with Crippen LogP contribution >= 0.6 is 0 Å². The van der Waals surface area contributed by atoms with Crippen molar-refractivity contribution in [2.24, 2.45) is 0 Å². The highest BCUT2D eigenvalue weighted by atomic mass is 16.6. The van der Waals surface area contributed by atoms with E-state index in [2.05, 4.69) is 20.6 Å². The number of benzene rings is 1. The molecule has 154 valence electrons. The lowest BCUT2D eigenvalue weighted by molar-refractivity contribution is 0.0952. The number of aromatic nitrogens is 2. The summed E-state index contributed by atoms with van der Waals surface area (Å²) in [6.45, 7) is 4.02. The summed E-state index contributed by atoms with van der Waals surface area (Å²) >= 11 is 0. The van der Waals surface area contributed by atoms with Crippen molar-refractivity contribution in [3.05, 3.63) is 53.9 Å². The van der Waals surface area contributed by atoms with Gasteiger partial charge < -0.3 is 20.3 Å². The molecule has 2 heterocycles. The zero-order valence-electron chi connectivity index (χ0n) is 16.6. The molecule has 1 aromatic heterocycles. The third-order valence-corrected chi connectivity index (χ3v) is 4.81. The van der Waals surface area contributed by atoms with Gasteiger partial charge in [0.25, 0.3) is 5.91 Å². The predicted octanol–water partition coefficient (Wildman–Crippen LogP) is 2.48. The van der Waals surface area contributed by atoms with Gasteiger partial charge >= 0.3 is 6.09 Å². The van der Waals surface area contributed by atoms with Gasteiger partial charge in [-0.3, -0.25) is 4.79 Å². The summed E-state index contributed by atoms with van der Waals surface area (Å²) < 4.78 is 5.03. The summed E-state index contributed by atoms with van der Waals surface area (Å²) in [7, 11) is 0. The van der Waals surface area contributed by atoms with Gasteiger partial charge in [-0.05, 0) is 31.7 Å². The first-order valence-corrected chi connectivity index (χ1v) is 9.98. The molecule has 8 heteroatoms. The second kappa shape index (κ2) is 10.4. The van der Waals surface area contributed by atoms with Crippen LogP contribution in [0.15, 0.2) is 42.7 Å². The molecule has 3 rings (SSSR count). The van der Waals surface area contributed by atoms with Gasteiger partial charge in [0, 0.05) is 38.1 Å². The molecule has 1 fully saturated rings. The molecule has 0 bridgehead atoms. The molecular weight excluding hydrogens is 370 g/mol. The van der Waals surface area contributed by atoms with Gasteiger partial charge in [-0.15, -0.1) is 0 Å². The number of nitrogens with one attached hydrogen (secondary N) is 2. The van der Waals surface area contributed by atoms with Gasteiger partial charge in [0.15, 0.2) is 0 Å². The van der Waals surface area contributed by atoms with E-state index in [0.29, 0.717) is 37.8 Å². The molecule has 1 aliphatic heterocycles. The Bertz CT molecular complexity index is 790. The van der Waals surface area contributed by atoms with E-state index in [0.717, 1.165) is 19.3 Å². The highest BCUT2D eigenvalue weighted by Gasteiger charge is 2.23. The number of anilines is 1. The zero-order valence-corrected chi connectivity index (χ0v) is 16.6. The fourth-order valence-corrected chi connectivity index (χ4v) is 3.19. The van der Waals surface area contributed by atoms with Crippen molar-refractivity contribution in [3.8, 4) is 0 Å². The van der Waals surface area contributed by atoms with E-state index < -0.39 is 0 Å². The number of amides is 2. The van der Waals surface area contributed by atoms with Gasteiger partial charge in [0.2, 0.25) is 5.95 Å². The van der Waals surface area contributed by atoms with Gasteiger partial charge in [0.1, 0.15) is 0 Å². The Morgan fingerprint density at radius 2 is 1.83 bits per heavy atom. The van der Waals surface area contributed by atoms with Crippen LogP contribution in [0.1, 0.15) is 35.7 Å². The molecule has 1 aliphatic rings. The van der Waals surface area contributed by atoms with Crippen LogP contribution in [0, 0.1) is 0 Å². The number of ether oxygens (including phenoxy) is 1. The third-order valence-electron chi connectivity index (χ3n) is 4.81. The quantitative estimate of drug-likeness (QED) is 0.745. The Hall–Kier alpha value is -3.16. The molecule has 2 N–H and O–H groups in total. The molecule has 0 unspecified atom stereocenters. The monoisotopic (exact) mass is 397 g/mol. The van der Waals surface area contributed by atoms with E-state index in [9.17, 15) is 9.59 Å². The van der Waals surface area contributed by atoms with E-state index in [4.69, 9.17) is 4.74 Å². The summed E-state index contributed by atoms with van der Waals surface area (Å²) in [5.41, 5.74) is 1.61. The molecule has 0 spiro atoms. The number of carbonyl (C=O) groups excluding carboxylic acids is 2. The highest BCUT2D eigenvalue weighted by molar-refractivity contribution is 5.93. The molecule has 8 nitrogen and oxygen atoms in total. The molecule has 0 atom stereocenters. The maximum Gasteiger partial charge on any atom is 0.409 e. The van der Waals surface area contributed by atoms with Crippen LogP contribution in [0.25, 0.3) is 0 Å². The van der Waals surface area contributed by atoms with E-state index in [-0.39, 0.29) is 18.0 Å². The first-order valence-electron chi connectivity index (χ1n) is 9.98. The minimum absolute atomic E-state index is 0.185. The van der Waals surface area contributed by atoms with Crippen molar-refractivity contribution in [1.29, 1.82) is 0 Å². The second-order valence-electron chi connectivity index (χ2n) is 6.89. The van der Waals surface area contributed by atoms with E-state index in [1.807, 2.05) is 30.3 Å². The number of hydrogen-bond acceptors (Lipinski definition) is 6. The fourth-order valence-electron chi connectivity index (χ4n) is 3.19. The average molecular weight is 397 g/mol. The third kappa shape index (κ3) is 6.17. The zero-order chi connectivity index (χ0) is 20.5. The van der Waals surface area contributed by atoms with Gasteiger partial charge in [-0.1, -0.05) is 30.3 Å². The Labute approximate surface area is 170 Å². The van der Waals surface area contributed by atoms with Crippen molar-refractivity contribution in [2.75, 3.05) is 31.6 Å². The van der Waals surface area contributed by atoms with E-state index in [1.54, 1.807) is 11.8 Å². The lowest BCUT2D eigenvalue weighted by Crippen LogP contribution is -2.42. The van der Waals surface area contributed by atoms with Crippen LogP contribution in [-0.2, 0) is 11.2 Å². The molecule has 2 amide bonds. The van der Waals surface area contributed by atoms with Crippen molar-refractivity contribution < 1.29 is 14.3 Å². The molecule has 0 radical (unpaired) electrons. The lowest BCUT2D eigenvalue weighted by atomic mass is 10.1. The number of likely N-dealkylation sites (tertiary alicyclic amines) is 1. The summed E-state index contributed by atoms with van der Waals surface area (Å²) in [6, 6.07) is 10.2. The summed E-state index contributed by atoms with van der Waals surface area (Å²) in [5, 5.41) is 6.16. The Morgan fingerprint density at radius 1 is 1.14 bits per heavy atom. The Kier molecular flexibility index (Phi) is 7.38. The maximum atomic E-state index is 12.2. The van der Waals surface area contributed by atoms with Crippen molar-refractivity contribution in [1.82, 2.24) is 20.2 Å². The summed E-state index contributed by atoms with van der Waals surface area (Å²) in [4.78, 5) is 34.2. The number of nitrogens with zero attached hydrogens (tertiary/aromatic N) is 3. The smallest absolute Gasteiger partial charge is 0.409 e. The molecule has 0 aliphatic carbocycles. The Balaban J connectivity index is 1.42. The summed E-state index contributed by atoms with van der Waals surface area (Å²) in [5.74, 6) is 0.302. The van der Waals surface area contributed by atoms with Gasteiger partial charge in [-0.2, -0.15) is 0 Å². The van der Waals surface area contributed by atoms with Crippen molar-refractivity contribution in [3.63, 3.8) is 0 Å². The lowest BCUT2D eigenvalue weighted by Gasteiger charge is -2.31. The number of carbonyl (C=O) groups is 2. The molecule has 1 aromatic carbocycles. The first kappa shape index (κ1) is 20.6. The number of hydrogen-bond donors (Lipinski definition) is 2.